The van der Waals surface area contributed by atoms with E-state index in [0.717, 1.165) is 103 Å². The summed E-state index contributed by atoms with van der Waals surface area (Å²) in [5.41, 5.74) is 0. The molecule has 2 rings (SSSR count). The number of amides is 1. The van der Waals surface area contributed by atoms with Gasteiger partial charge < -0.3 is 65.1 Å². The van der Waals surface area contributed by atoms with Crippen LogP contribution in [0.1, 0.15) is 168 Å². The van der Waals surface area contributed by atoms with Crippen LogP contribution < -0.4 is 5.32 Å². The molecule has 14 nitrogen and oxygen atoms in total. The highest BCUT2D eigenvalue weighted by molar-refractivity contribution is 5.76. The van der Waals surface area contributed by atoms with Crippen LogP contribution in [0.4, 0.5) is 0 Å². The first kappa shape index (κ1) is 65.0. The van der Waals surface area contributed by atoms with Gasteiger partial charge >= 0.3 is 0 Å². The van der Waals surface area contributed by atoms with E-state index in [9.17, 15) is 45.6 Å². The second kappa shape index (κ2) is 43.2. The third-order valence-electron chi connectivity index (χ3n) is 12.8. The van der Waals surface area contributed by atoms with Crippen molar-refractivity contribution in [2.24, 2.45) is 0 Å². The molecule has 0 saturated carbocycles. The maximum absolute atomic E-state index is 13.2. The van der Waals surface area contributed by atoms with Gasteiger partial charge in [-0.3, -0.25) is 4.79 Å². The van der Waals surface area contributed by atoms with Crippen molar-refractivity contribution in [2.45, 2.75) is 242 Å². The molecule has 12 atom stereocenters. The van der Waals surface area contributed by atoms with Crippen LogP contribution in [-0.2, 0) is 23.7 Å². The first-order valence-corrected chi connectivity index (χ1v) is 27.5. The molecule has 72 heavy (non-hydrogen) atoms. The van der Waals surface area contributed by atoms with Gasteiger partial charge in [0.25, 0.3) is 0 Å². The molecule has 14 heteroatoms. The van der Waals surface area contributed by atoms with Crippen LogP contribution >= 0.6 is 0 Å². The van der Waals surface area contributed by atoms with Crippen molar-refractivity contribution in [2.75, 3.05) is 19.8 Å². The minimum Gasteiger partial charge on any atom is -0.394 e. The van der Waals surface area contributed by atoms with Gasteiger partial charge in [-0.1, -0.05) is 182 Å². The first-order chi connectivity index (χ1) is 35.1. The SMILES string of the molecule is CC/C=C\C/C=C\C/C=C\C/C=C\C/C=C\C/C=C\C/C=C\C/C=C\CCCCCCC(=O)NC(COC1OC(CO)C(OC2OC(CO)C(O)C(O)C2O)C(O)C1O)C(O)CCCCCCCCCCC. The fourth-order valence-corrected chi connectivity index (χ4v) is 8.37. The minimum atomic E-state index is -1.79. The van der Waals surface area contributed by atoms with Crippen molar-refractivity contribution in [3.63, 3.8) is 0 Å². The summed E-state index contributed by atoms with van der Waals surface area (Å²) >= 11 is 0. The molecule has 2 fully saturated rings. The molecule has 412 valence electrons. The summed E-state index contributed by atoms with van der Waals surface area (Å²) in [7, 11) is 0. The second-order valence-corrected chi connectivity index (χ2v) is 19.0. The molecular weight excluding hydrogens is 919 g/mol. The summed E-state index contributed by atoms with van der Waals surface area (Å²) in [6.07, 6.45) is 41.4. The van der Waals surface area contributed by atoms with E-state index in [-0.39, 0.29) is 18.9 Å². The zero-order chi connectivity index (χ0) is 52.4. The minimum absolute atomic E-state index is 0.239. The van der Waals surface area contributed by atoms with Gasteiger partial charge in [-0.2, -0.15) is 0 Å². The maximum Gasteiger partial charge on any atom is 0.220 e. The van der Waals surface area contributed by atoms with Crippen LogP contribution in [-0.4, -0.2) is 140 Å². The largest absolute Gasteiger partial charge is 0.394 e. The standard InChI is InChI=1S/C58H97NO13/c1-3-5-7-9-11-13-14-15-16-17-18-19-20-21-22-23-24-25-26-27-28-29-30-31-32-34-36-38-40-42-50(63)59-46(47(62)41-39-37-35-33-12-10-8-6-4-2)45-69-57-55(68)53(66)56(49(44-61)71-57)72-58-54(67)52(65)51(64)48(43-60)70-58/h5,7,11,13,15-16,18-19,21-22,24-25,27-28,30-31,46-49,51-58,60-62,64-68H,3-4,6,8-10,12,14,17,20,23,26,29,32-45H2,1-2H3,(H,59,63)/b7-5-,13-11-,16-15-,19-18-,22-21-,25-24-,28-27-,31-30-. The van der Waals surface area contributed by atoms with E-state index >= 15 is 0 Å². The fraction of sp³-hybridized carbons (Fsp3) is 0.707. The smallest absolute Gasteiger partial charge is 0.220 e. The Morgan fingerprint density at radius 3 is 1.47 bits per heavy atom. The normalized spacial score (nSPS) is 26.4. The van der Waals surface area contributed by atoms with E-state index < -0.39 is 86.8 Å². The monoisotopic (exact) mass is 1020 g/mol. The van der Waals surface area contributed by atoms with Crippen LogP contribution in [0.3, 0.4) is 0 Å². The molecule has 2 aliphatic heterocycles. The van der Waals surface area contributed by atoms with E-state index in [4.69, 9.17) is 18.9 Å². The summed E-state index contributed by atoms with van der Waals surface area (Å²) in [5.74, 6) is -0.239. The van der Waals surface area contributed by atoms with Crippen LogP contribution in [0.2, 0.25) is 0 Å². The molecule has 9 N–H and O–H groups in total. The predicted molar refractivity (Wildman–Crippen MR) is 286 cm³/mol. The topological polar surface area (TPSA) is 228 Å². The number of allylic oxidation sites excluding steroid dienone is 16. The van der Waals surface area contributed by atoms with Crippen molar-refractivity contribution in [3.05, 3.63) is 97.2 Å². The van der Waals surface area contributed by atoms with Crippen molar-refractivity contribution in [1.82, 2.24) is 5.32 Å². The molecule has 12 unspecified atom stereocenters. The average Bonchev–Trinajstić information content (AvgIpc) is 3.38. The molecule has 0 spiro atoms. The Morgan fingerprint density at radius 2 is 0.958 bits per heavy atom. The highest BCUT2D eigenvalue weighted by Gasteiger charge is 2.51. The Kier molecular flexibility index (Phi) is 39.0. The molecule has 0 bridgehead atoms. The number of nitrogens with one attached hydrogen (secondary N) is 1. The number of hydrogen-bond acceptors (Lipinski definition) is 13. The van der Waals surface area contributed by atoms with E-state index in [1.807, 2.05) is 0 Å². The van der Waals surface area contributed by atoms with Crippen LogP contribution in [0.5, 0.6) is 0 Å². The summed E-state index contributed by atoms with van der Waals surface area (Å²) in [4.78, 5) is 13.2. The Labute approximate surface area is 433 Å². The molecular formula is C58H97NO13. The predicted octanol–water partition coefficient (Wildman–Crippen LogP) is 8.32. The Hall–Kier alpha value is -3.09. The van der Waals surface area contributed by atoms with E-state index in [1.54, 1.807) is 0 Å². The lowest BCUT2D eigenvalue weighted by atomic mass is 9.97. The van der Waals surface area contributed by atoms with Gasteiger partial charge in [-0.15, -0.1) is 0 Å². The number of aliphatic hydroxyl groups is 8. The van der Waals surface area contributed by atoms with Crippen LogP contribution in [0.25, 0.3) is 0 Å². The molecule has 1 amide bonds. The molecule has 2 saturated heterocycles. The van der Waals surface area contributed by atoms with Crippen molar-refractivity contribution in [3.8, 4) is 0 Å². The lowest BCUT2D eigenvalue weighted by molar-refractivity contribution is -0.359. The Bertz CT molecular complexity index is 1570. The summed E-state index contributed by atoms with van der Waals surface area (Å²) in [5, 5.41) is 86.8. The number of ether oxygens (including phenoxy) is 4. The number of hydrogen-bond donors (Lipinski definition) is 9. The second-order valence-electron chi connectivity index (χ2n) is 19.0. The molecule has 0 radical (unpaired) electrons. The van der Waals surface area contributed by atoms with Gasteiger partial charge in [-0.05, 0) is 77.0 Å². The molecule has 2 aliphatic rings. The van der Waals surface area contributed by atoms with Gasteiger partial charge in [0.15, 0.2) is 12.6 Å². The Morgan fingerprint density at radius 1 is 0.514 bits per heavy atom. The lowest BCUT2D eigenvalue weighted by Crippen LogP contribution is -2.65. The highest BCUT2D eigenvalue weighted by Crippen LogP contribution is 2.30. The summed E-state index contributed by atoms with van der Waals surface area (Å²) in [6.45, 7) is 2.66. The fourth-order valence-electron chi connectivity index (χ4n) is 8.37. The van der Waals surface area contributed by atoms with Crippen LogP contribution in [0.15, 0.2) is 97.2 Å². The van der Waals surface area contributed by atoms with E-state index in [2.05, 4.69) is 116 Å². The highest BCUT2D eigenvalue weighted by atomic mass is 16.7. The van der Waals surface area contributed by atoms with E-state index in [0.29, 0.717) is 12.8 Å². The zero-order valence-corrected chi connectivity index (χ0v) is 43.9. The number of rotatable bonds is 41. The number of carbonyl (C=O) groups excluding carboxylic acids is 1. The van der Waals surface area contributed by atoms with Crippen molar-refractivity contribution < 1.29 is 64.6 Å². The quantitative estimate of drug-likeness (QED) is 0.0208. The zero-order valence-electron chi connectivity index (χ0n) is 43.9. The third-order valence-corrected chi connectivity index (χ3v) is 12.8. The number of unbranched alkanes of at least 4 members (excludes halogenated alkanes) is 12. The maximum atomic E-state index is 13.2. The summed E-state index contributed by atoms with van der Waals surface area (Å²) in [6, 6.07) is -0.847. The van der Waals surface area contributed by atoms with E-state index in [1.165, 1.54) is 32.1 Å². The molecule has 0 aromatic heterocycles. The van der Waals surface area contributed by atoms with Gasteiger partial charge in [0, 0.05) is 6.42 Å². The third kappa shape index (κ3) is 29.1. The first-order valence-electron chi connectivity index (χ1n) is 27.5. The Balaban J connectivity index is 1.72. The van der Waals surface area contributed by atoms with Gasteiger partial charge in [-0.25, -0.2) is 0 Å². The van der Waals surface area contributed by atoms with Crippen LogP contribution in [0, 0.1) is 0 Å². The molecule has 0 aliphatic carbocycles. The van der Waals surface area contributed by atoms with Gasteiger partial charge in [0.05, 0.1) is 32.0 Å². The number of aliphatic hydroxyl groups excluding tert-OH is 8. The van der Waals surface area contributed by atoms with Gasteiger partial charge in [0.1, 0.15) is 48.8 Å². The number of carbonyl (C=O) groups is 1. The summed E-state index contributed by atoms with van der Waals surface area (Å²) < 4.78 is 22.7. The molecule has 2 heterocycles. The van der Waals surface area contributed by atoms with Gasteiger partial charge in [0.2, 0.25) is 5.91 Å². The molecule has 0 aromatic carbocycles. The van der Waals surface area contributed by atoms with Crippen molar-refractivity contribution >= 4 is 5.91 Å². The van der Waals surface area contributed by atoms with Crippen molar-refractivity contribution in [1.29, 1.82) is 0 Å². The average molecular weight is 1020 g/mol. The lowest BCUT2D eigenvalue weighted by Gasteiger charge is -2.46. The molecule has 0 aromatic rings.